The predicted octanol–water partition coefficient (Wildman–Crippen LogP) is 2.99. The quantitative estimate of drug-likeness (QED) is 0.498. The number of hydrogen-bond donors (Lipinski definition) is 0. The van der Waals surface area contributed by atoms with Gasteiger partial charge in [0.15, 0.2) is 0 Å². The summed E-state index contributed by atoms with van der Waals surface area (Å²) in [7, 11) is 4.25. The van der Waals surface area contributed by atoms with Crippen molar-refractivity contribution < 1.29 is 0 Å². The van der Waals surface area contributed by atoms with Crippen LogP contribution >= 0.6 is 0 Å². The Kier molecular flexibility index (Phi) is 43.2. The second-order valence-corrected chi connectivity index (χ2v) is 1.63. The Morgan fingerprint density at radius 2 is 1.00 bits per heavy atom. The van der Waals surface area contributed by atoms with Crippen molar-refractivity contribution in [3.8, 4) is 0 Å². The lowest BCUT2D eigenvalue weighted by molar-refractivity contribution is 1.45. The summed E-state index contributed by atoms with van der Waals surface area (Å²) in [6, 6.07) is 0. The second kappa shape index (κ2) is 24.2. The highest BCUT2D eigenvalue weighted by Gasteiger charge is 1.61. The van der Waals surface area contributed by atoms with Crippen molar-refractivity contribution in [1.29, 1.82) is 0 Å². The first-order valence-corrected chi connectivity index (χ1v) is 3.39. The van der Waals surface area contributed by atoms with Gasteiger partial charge in [0, 0.05) is 0 Å². The smallest absolute Gasteiger partial charge is 0.0920 e. The molecule has 0 fully saturated rings. The van der Waals surface area contributed by atoms with Crippen LogP contribution in [0.3, 0.4) is 0 Å². The largest absolute Gasteiger partial charge is 0.105 e. The summed E-state index contributed by atoms with van der Waals surface area (Å²) in [5.41, 5.74) is 0. The van der Waals surface area contributed by atoms with Gasteiger partial charge in [-0.15, -0.1) is 0 Å². The lowest BCUT2D eigenvalue weighted by Gasteiger charge is -1.64. The molecule has 0 aliphatic rings. The highest BCUT2D eigenvalue weighted by atomic mass is 13.3. The summed E-state index contributed by atoms with van der Waals surface area (Å²) >= 11 is 0. The zero-order valence-electron chi connectivity index (χ0n) is 6.57. The van der Waals surface area contributed by atoms with Gasteiger partial charge in [0.25, 0.3) is 0 Å². The first-order chi connectivity index (χ1) is 3.83. The van der Waals surface area contributed by atoms with Crippen molar-refractivity contribution in [1.82, 2.24) is 0 Å². The highest BCUT2D eigenvalue weighted by Crippen LogP contribution is 1.65. The minimum atomic E-state index is 0. The van der Waals surface area contributed by atoms with Gasteiger partial charge in [-0.1, -0.05) is 47.6 Å². The molecule has 0 aromatic rings. The summed E-state index contributed by atoms with van der Waals surface area (Å²) in [4.78, 5) is 0. The van der Waals surface area contributed by atoms with E-state index in [1.54, 1.807) is 0 Å². The molecule has 0 bridgehead atoms. The van der Waals surface area contributed by atoms with Gasteiger partial charge in [-0.05, 0) is 0 Å². The average molecular weight is 126 g/mol. The molecule has 0 heterocycles. The van der Waals surface area contributed by atoms with Gasteiger partial charge in [0.1, 0.15) is 14.6 Å². The molecule has 0 aliphatic carbocycles. The third-order valence-corrected chi connectivity index (χ3v) is 0.816. The molecule has 0 amide bonds. The molecule has 54 valence electrons. The van der Waals surface area contributed by atoms with E-state index in [-0.39, 0.29) is 7.43 Å². The maximum absolute atomic E-state index is 2.12. The van der Waals surface area contributed by atoms with E-state index in [1.165, 1.54) is 12.6 Å². The molecule has 0 nitrogen and oxygen atoms in total. The van der Waals surface area contributed by atoms with Crippen LogP contribution in [0.2, 0.25) is 26.3 Å². The van der Waals surface area contributed by atoms with Crippen molar-refractivity contribution in [2.24, 2.45) is 0 Å². The van der Waals surface area contributed by atoms with Crippen LogP contribution in [-0.4, -0.2) is 14.6 Å². The molecule has 0 atom stereocenters. The highest BCUT2D eigenvalue weighted by molar-refractivity contribution is 6.33. The van der Waals surface area contributed by atoms with Crippen molar-refractivity contribution >= 4 is 14.6 Å². The maximum atomic E-state index is 2.12. The number of hydrogen-bond acceptors (Lipinski definition) is 0. The van der Waals surface area contributed by atoms with E-state index in [1.807, 2.05) is 0 Å². The van der Waals surface area contributed by atoms with Gasteiger partial charge in [-0.25, -0.2) is 0 Å². The zero-order valence-corrected chi connectivity index (χ0v) is 6.57. The fourth-order valence-corrected chi connectivity index (χ4v) is 0. The van der Waals surface area contributed by atoms with E-state index in [0.29, 0.717) is 0 Å². The van der Waals surface area contributed by atoms with Gasteiger partial charge < -0.3 is 0 Å². The van der Waals surface area contributed by atoms with E-state index < -0.39 is 0 Å². The topological polar surface area (TPSA) is 0 Å². The molecule has 2 radical (unpaired) electrons. The molecule has 0 saturated heterocycles. The Hall–Kier alpha value is 0.130. The molecule has 0 aliphatic heterocycles. The van der Waals surface area contributed by atoms with Crippen LogP contribution in [-0.2, 0) is 0 Å². The summed E-state index contributed by atoms with van der Waals surface area (Å²) < 4.78 is 0. The van der Waals surface area contributed by atoms with Gasteiger partial charge in [-0.3, -0.25) is 0 Å². The monoisotopic (exact) mass is 126 g/mol. The molecule has 0 spiro atoms. The molecule has 0 N–H and O–H groups in total. The van der Waals surface area contributed by atoms with Crippen molar-refractivity contribution in [3.63, 3.8) is 0 Å². The van der Waals surface area contributed by atoms with Crippen LogP contribution in [0.4, 0.5) is 0 Å². The maximum Gasteiger partial charge on any atom is 0.105 e. The van der Waals surface area contributed by atoms with Crippen molar-refractivity contribution in [3.05, 3.63) is 0 Å². The first-order valence-electron chi connectivity index (χ1n) is 3.39. The van der Waals surface area contributed by atoms with E-state index in [0.717, 1.165) is 0 Å². The van der Waals surface area contributed by atoms with Gasteiger partial charge in [0.2, 0.25) is 0 Å². The third-order valence-electron chi connectivity index (χ3n) is 0.816. The average Bonchev–Trinajstić information content (AvgIpc) is 1.88. The number of rotatable bonds is 2. The van der Waals surface area contributed by atoms with Gasteiger partial charge in [0.05, 0.1) is 0 Å². The standard InChI is InChI=1S/2C3H8B.CH4/c2*1-3-4-2;/h2*3H2,1-2H3;1H4. The molecule has 0 saturated carbocycles. The Labute approximate surface area is 62.9 Å². The minimum absolute atomic E-state index is 0. The molecule has 0 unspecified atom stereocenters. The van der Waals surface area contributed by atoms with Crippen molar-refractivity contribution in [2.45, 2.75) is 47.6 Å². The molecule has 2 heteroatoms. The van der Waals surface area contributed by atoms with E-state index in [4.69, 9.17) is 0 Å². The summed E-state index contributed by atoms with van der Waals surface area (Å²) in [6.07, 6.45) is 2.39. The van der Waals surface area contributed by atoms with Crippen LogP contribution in [0.25, 0.3) is 0 Å². The molecule has 0 aromatic carbocycles. The minimum Gasteiger partial charge on any atom is -0.0920 e. The van der Waals surface area contributed by atoms with Crippen LogP contribution in [0.5, 0.6) is 0 Å². The molecular weight excluding hydrogens is 106 g/mol. The van der Waals surface area contributed by atoms with Crippen LogP contribution in [0.1, 0.15) is 21.3 Å². The molecule has 9 heavy (non-hydrogen) atoms. The lowest BCUT2D eigenvalue weighted by Crippen LogP contribution is -1.67. The summed E-state index contributed by atoms with van der Waals surface area (Å²) in [5, 5.41) is 0. The Morgan fingerprint density at radius 3 is 1.00 bits per heavy atom. The van der Waals surface area contributed by atoms with Crippen LogP contribution < -0.4 is 0 Å². The van der Waals surface area contributed by atoms with Gasteiger partial charge in [-0.2, -0.15) is 0 Å². The normalized spacial score (nSPS) is 5.78. The van der Waals surface area contributed by atoms with E-state index >= 15 is 0 Å². The summed E-state index contributed by atoms with van der Waals surface area (Å²) in [5.74, 6) is 0. The Bertz CT molecular complexity index is 14.9. The fraction of sp³-hybridized carbons (Fsp3) is 1.00. The lowest BCUT2D eigenvalue weighted by atomic mass is 9.79. The van der Waals surface area contributed by atoms with Gasteiger partial charge >= 0.3 is 0 Å². The van der Waals surface area contributed by atoms with Crippen LogP contribution in [0.15, 0.2) is 0 Å². The molecular formula is C7H20B2. The second-order valence-electron chi connectivity index (χ2n) is 1.63. The fourth-order valence-electron chi connectivity index (χ4n) is 0. The third kappa shape index (κ3) is 67.3. The van der Waals surface area contributed by atoms with E-state index in [2.05, 4.69) is 42.1 Å². The molecule has 0 rings (SSSR count). The first kappa shape index (κ1) is 16.1. The van der Waals surface area contributed by atoms with Crippen LogP contribution in [0, 0.1) is 0 Å². The SMILES string of the molecule is C.C[B]CC.C[B]CC. The van der Waals surface area contributed by atoms with Crippen molar-refractivity contribution in [2.75, 3.05) is 0 Å². The van der Waals surface area contributed by atoms with E-state index in [9.17, 15) is 0 Å². The molecule has 0 aromatic heterocycles. The zero-order chi connectivity index (χ0) is 6.83. The Morgan fingerprint density at radius 1 is 0.889 bits per heavy atom. The summed E-state index contributed by atoms with van der Waals surface area (Å²) in [6.45, 7) is 8.36. The Balaban J connectivity index is -0.0000000720. The predicted molar refractivity (Wildman–Crippen MR) is 50.9 cm³/mol.